The molecule has 336 valence electrons. The Labute approximate surface area is 373 Å². The number of aryl methyl sites for hydroxylation is 1. The molecule has 16 heteroatoms. The number of benzene rings is 2. The minimum absolute atomic E-state index is 0.0243. The second-order valence-electron chi connectivity index (χ2n) is 19.4. The standard InChI is InChI=1S/C48H54N6O8S2/c55-47(49-43-34-10-3-9-29(34)13-14-35(43)27-5-1-6-27)51-64(59,60)42-23-33-26-54-20-17-31(46(33)62-42)21-40(54)39-24-38(28-7-2-8-28)44(37-12-4-11-36(37)39)50-48(56)52-63(57,58)41-22-32-25-53-18-15-30(16-19-53)45(32)61-41/h5,13-14,22-24,28,30-31,40H,1-4,6-12,15-21,25-26H2,(H2,49,51,55)(H2,50,52,56). The Hall–Kier alpha value is -4.90. The van der Waals surface area contributed by atoms with Crippen LogP contribution >= 0.6 is 0 Å². The van der Waals surface area contributed by atoms with E-state index in [1.807, 2.05) is 6.07 Å². The molecule has 4 aromatic rings. The summed E-state index contributed by atoms with van der Waals surface area (Å²) in [6.07, 6.45) is 15.9. The molecule has 14 nitrogen and oxygen atoms in total. The van der Waals surface area contributed by atoms with Gasteiger partial charge in [0.15, 0.2) is 0 Å². The summed E-state index contributed by atoms with van der Waals surface area (Å²) in [5.41, 5.74) is 12.1. The van der Waals surface area contributed by atoms with E-state index in [4.69, 9.17) is 8.83 Å². The number of nitrogens with one attached hydrogen (secondary N) is 4. The Kier molecular flexibility index (Phi) is 9.74. The van der Waals surface area contributed by atoms with Gasteiger partial charge in [-0.25, -0.2) is 19.0 Å². The summed E-state index contributed by atoms with van der Waals surface area (Å²) in [6.45, 7) is 3.90. The van der Waals surface area contributed by atoms with Crippen molar-refractivity contribution < 1.29 is 35.3 Å². The molecule has 1 saturated carbocycles. The van der Waals surface area contributed by atoms with Crippen LogP contribution in [-0.2, 0) is 58.8 Å². The van der Waals surface area contributed by atoms with E-state index >= 15 is 0 Å². The largest absolute Gasteiger partial charge is 0.447 e. The summed E-state index contributed by atoms with van der Waals surface area (Å²) in [5, 5.41) is 5.49. The number of piperidine rings is 2. The van der Waals surface area contributed by atoms with Gasteiger partial charge in [0.05, 0.1) is 5.69 Å². The number of anilines is 2. The van der Waals surface area contributed by atoms with Gasteiger partial charge < -0.3 is 19.5 Å². The third-order valence-corrected chi connectivity index (χ3v) is 18.1. The molecule has 2 aromatic carbocycles. The van der Waals surface area contributed by atoms with Crippen molar-refractivity contribution in [2.75, 3.05) is 30.3 Å². The van der Waals surface area contributed by atoms with Gasteiger partial charge in [-0.3, -0.25) is 9.80 Å². The number of amides is 4. The smallest absolute Gasteiger partial charge is 0.333 e. The predicted octanol–water partition coefficient (Wildman–Crippen LogP) is 8.44. The van der Waals surface area contributed by atoms with Gasteiger partial charge in [0.25, 0.3) is 20.0 Å². The van der Waals surface area contributed by atoms with Gasteiger partial charge in [-0.2, -0.15) is 16.8 Å². The number of sulfonamides is 2. The summed E-state index contributed by atoms with van der Waals surface area (Å²) in [7, 11) is -8.58. The molecule has 4 aliphatic carbocycles. The van der Waals surface area contributed by atoms with Crippen LogP contribution in [0.3, 0.4) is 0 Å². The minimum Gasteiger partial charge on any atom is -0.447 e. The van der Waals surface area contributed by atoms with Crippen LogP contribution in [0.1, 0.15) is 156 Å². The van der Waals surface area contributed by atoms with E-state index in [0.717, 1.165) is 161 Å². The average molecular weight is 907 g/mol. The molecule has 6 aliphatic heterocycles. The number of fused-ring (bicyclic) bond motifs is 6. The number of carbonyl (C=O) groups excluding carboxylic acids is 2. The number of allylic oxidation sites excluding steroid dienone is 2. The highest BCUT2D eigenvalue weighted by molar-refractivity contribution is 7.90. The highest BCUT2D eigenvalue weighted by Crippen LogP contribution is 2.52. The summed E-state index contributed by atoms with van der Waals surface area (Å²) in [6, 6.07) is 8.07. The average Bonchev–Trinajstić information content (AvgIpc) is 4.02. The summed E-state index contributed by atoms with van der Waals surface area (Å²) >= 11 is 0. The van der Waals surface area contributed by atoms with Crippen LogP contribution in [0.2, 0.25) is 0 Å². The van der Waals surface area contributed by atoms with Gasteiger partial charge in [-0.1, -0.05) is 30.7 Å². The Morgan fingerprint density at radius 1 is 0.609 bits per heavy atom. The van der Waals surface area contributed by atoms with E-state index in [1.165, 1.54) is 22.3 Å². The fraction of sp³-hybridized carbons (Fsp3) is 0.500. The first-order valence-corrected chi connectivity index (χ1v) is 26.3. The number of carbonyl (C=O) groups is 2. The van der Waals surface area contributed by atoms with Gasteiger partial charge in [0.1, 0.15) is 11.5 Å². The predicted molar refractivity (Wildman–Crippen MR) is 239 cm³/mol. The number of hydrogen-bond donors (Lipinski definition) is 4. The first-order valence-electron chi connectivity index (χ1n) is 23.4. The zero-order chi connectivity index (χ0) is 43.5. The Morgan fingerprint density at radius 3 is 1.94 bits per heavy atom. The second-order valence-corrected chi connectivity index (χ2v) is 22.6. The molecule has 14 rings (SSSR count). The van der Waals surface area contributed by atoms with Crippen LogP contribution < -0.4 is 20.1 Å². The fourth-order valence-corrected chi connectivity index (χ4v) is 14.0. The lowest BCUT2D eigenvalue weighted by Gasteiger charge is -2.38. The van der Waals surface area contributed by atoms with Crippen LogP contribution in [0, 0.1) is 0 Å². The third-order valence-electron chi connectivity index (χ3n) is 15.7. The van der Waals surface area contributed by atoms with Gasteiger partial charge >= 0.3 is 12.1 Å². The molecular formula is C48H54N6O8S2. The topological polar surface area (TPSA) is 183 Å². The monoisotopic (exact) mass is 906 g/mol. The molecular weight excluding hydrogens is 853 g/mol. The van der Waals surface area contributed by atoms with Crippen molar-refractivity contribution in [1.29, 1.82) is 0 Å². The normalized spacial score (nSPS) is 25.4. The molecule has 4 bridgehead atoms. The molecule has 8 heterocycles. The van der Waals surface area contributed by atoms with E-state index in [9.17, 15) is 26.4 Å². The minimum atomic E-state index is -4.32. The fourth-order valence-electron chi connectivity index (χ4n) is 12.2. The van der Waals surface area contributed by atoms with E-state index in [0.29, 0.717) is 24.5 Å². The third kappa shape index (κ3) is 6.92. The lowest BCUT2D eigenvalue weighted by molar-refractivity contribution is 0.134. The van der Waals surface area contributed by atoms with Crippen molar-refractivity contribution >= 4 is 49.1 Å². The molecule has 2 aromatic heterocycles. The highest BCUT2D eigenvalue weighted by Gasteiger charge is 2.42. The highest BCUT2D eigenvalue weighted by atomic mass is 32.2. The van der Waals surface area contributed by atoms with E-state index < -0.39 is 32.1 Å². The molecule has 4 amide bonds. The van der Waals surface area contributed by atoms with Gasteiger partial charge in [0, 0.05) is 65.5 Å². The Morgan fingerprint density at radius 2 is 1.25 bits per heavy atom. The van der Waals surface area contributed by atoms with Crippen molar-refractivity contribution in [1.82, 2.24) is 19.2 Å². The molecule has 3 fully saturated rings. The molecule has 0 radical (unpaired) electrons. The molecule has 2 saturated heterocycles. The number of hydrogen-bond acceptors (Lipinski definition) is 10. The van der Waals surface area contributed by atoms with Crippen LogP contribution in [-0.4, -0.2) is 58.3 Å². The first-order chi connectivity index (χ1) is 31.0. The second kappa shape index (κ2) is 15.3. The van der Waals surface area contributed by atoms with Gasteiger partial charge in [-0.05, 0) is 154 Å². The maximum Gasteiger partial charge on any atom is 0.333 e. The summed E-state index contributed by atoms with van der Waals surface area (Å²) in [4.78, 5) is 31.9. The number of urea groups is 2. The van der Waals surface area contributed by atoms with Crippen LogP contribution in [0.25, 0.3) is 5.57 Å². The number of rotatable bonds is 9. The van der Waals surface area contributed by atoms with Crippen molar-refractivity contribution in [2.24, 2.45) is 0 Å². The lowest BCUT2D eigenvalue weighted by atomic mass is 9.76. The summed E-state index contributed by atoms with van der Waals surface area (Å²) < 4.78 is 71.6. The maximum absolute atomic E-state index is 13.8. The maximum atomic E-state index is 13.8. The summed E-state index contributed by atoms with van der Waals surface area (Å²) in [5.74, 6) is 1.81. The van der Waals surface area contributed by atoms with E-state index in [1.54, 1.807) is 12.1 Å². The van der Waals surface area contributed by atoms with Crippen molar-refractivity contribution in [2.45, 2.75) is 143 Å². The molecule has 4 N–H and O–H groups in total. The van der Waals surface area contributed by atoms with Crippen LogP contribution in [0.4, 0.5) is 21.0 Å². The van der Waals surface area contributed by atoms with Gasteiger partial charge in [0.2, 0.25) is 10.2 Å². The molecule has 3 unspecified atom stereocenters. The Bertz CT molecular complexity index is 2890. The van der Waals surface area contributed by atoms with Crippen molar-refractivity contribution in [3.05, 3.63) is 98.0 Å². The number of nitrogens with zero attached hydrogens (tertiary/aromatic N) is 2. The van der Waals surface area contributed by atoms with Crippen LogP contribution in [0.15, 0.2) is 55.4 Å². The Balaban J connectivity index is 0.778. The zero-order valence-corrected chi connectivity index (χ0v) is 37.5. The molecule has 3 atom stereocenters. The van der Waals surface area contributed by atoms with E-state index in [-0.39, 0.29) is 34.0 Å². The first kappa shape index (κ1) is 40.6. The molecule has 10 aliphatic rings. The van der Waals surface area contributed by atoms with Gasteiger partial charge in [-0.15, -0.1) is 0 Å². The zero-order valence-electron chi connectivity index (χ0n) is 35.9. The van der Waals surface area contributed by atoms with Crippen molar-refractivity contribution in [3.8, 4) is 0 Å². The number of furan rings is 2. The molecule has 0 spiro atoms. The van der Waals surface area contributed by atoms with E-state index in [2.05, 4.69) is 48.1 Å². The van der Waals surface area contributed by atoms with Crippen LogP contribution in [0.5, 0.6) is 0 Å². The molecule has 64 heavy (non-hydrogen) atoms. The van der Waals surface area contributed by atoms with Crippen molar-refractivity contribution in [3.63, 3.8) is 0 Å². The SMILES string of the molecule is O=C(Nc1c(C2=CCC2)ccc2c1CCC2)NS(=O)(=O)c1cc2c(o1)C1CCN(C2)C(c2cc(C3CCC3)c(NC(=O)NS(=O)(=O)c3cc4c(o3)C3CCN(CC3)C4)c3c2CCC3)C1. The quantitative estimate of drug-likeness (QED) is 0.127. The lowest BCUT2D eigenvalue weighted by Crippen LogP contribution is -2.36.